The van der Waals surface area contributed by atoms with Crippen LogP contribution in [0.5, 0.6) is 0 Å². The maximum Gasteiger partial charge on any atom is 0.189 e. The lowest BCUT2D eigenvalue weighted by molar-refractivity contribution is 0.318. The van der Waals surface area contributed by atoms with E-state index in [1.54, 1.807) is 6.20 Å². The Morgan fingerprint density at radius 3 is 2.93 bits per heavy atom. The molecule has 4 nitrogen and oxygen atoms in total. The first-order valence-corrected chi connectivity index (χ1v) is 5.04. The Hall–Kier alpha value is -1.62. The molecule has 0 fully saturated rings. The van der Waals surface area contributed by atoms with Crippen molar-refractivity contribution in [2.75, 3.05) is 0 Å². The molecule has 76 valence electrons. The zero-order valence-electron chi connectivity index (χ0n) is 7.68. The molecular formula is C10H8BrN3O. The summed E-state index contributed by atoms with van der Waals surface area (Å²) in [5.41, 5.74) is 6.01. The maximum atomic E-state index is 8.62. The van der Waals surface area contributed by atoms with E-state index >= 15 is 0 Å². The number of benzene rings is 1. The number of hydrogen-bond acceptors (Lipinski definition) is 3. The molecule has 2 rings (SSSR count). The van der Waals surface area contributed by atoms with Crippen LogP contribution in [0.4, 0.5) is 0 Å². The molecule has 1 aromatic heterocycles. The van der Waals surface area contributed by atoms with Gasteiger partial charge in [-0.25, -0.2) is 0 Å². The molecule has 1 heterocycles. The van der Waals surface area contributed by atoms with Crippen molar-refractivity contribution in [3.8, 4) is 0 Å². The highest BCUT2D eigenvalue weighted by molar-refractivity contribution is 9.10. The first-order valence-electron chi connectivity index (χ1n) is 4.24. The zero-order chi connectivity index (χ0) is 10.8. The molecule has 1 aromatic carbocycles. The van der Waals surface area contributed by atoms with Crippen molar-refractivity contribution in [2.24, 2.45) is 10.9 Å². The van der Waals surface area contributed by atoms with Crippen LogP contribution >= 0.6 is 15.9 Å². The summed E-state index contributed by atoms with van der Waals surface area (Å²) in [6.45, 7) is 0. The summed E-state index contributed by atoms with van der Waals surface area (Å²) in [4.78, 5) is 4.08. The second-order valence-electron chi connectivity index (χ2n) is 3.01. The van der Waals surface area contributed by atoms with Crippen LogP contribution in [0.25, 0.3) is 10.8 Å². The highest BCUT2D eigenvalue weighted by atomic mass is 79.9. The van der Waals surface area contributed by atoms with Gasteiger partial charge in [0.2, 0.25) is 0 Å². The Balaban J connectivity index is 2.77. The van der Waals surface area contributed by atoms with Crippen LogP contribution in [0.15, 0.2) is 40.1 Å². The van der Waals surface area contributed by atoms with Crippen molar-refractivity contribution < 1.29 is 5.21 Å². The third kappa shape index (κ3) is 1.78. The van der Waals surface area contributed by atoms with Crippen LogP contribution in [0.1, 0.15) is 5.69 Å². The molecule has 0 aliphatic heterocycles. The molecule has 15 heavy (non-hydrogen) atoms. The van der Waals surface area contributed by atoms with Crippen molar-refractivity contribution >= 4 is 32.5 Å². The minimum atomic E-state index is 0.0166. The fraction of sp³-hybridized carbons (Fsp3) is 0. The predicted octanol–water partition coefficient (Wildman–Crippen LogP) is 2.09. The van der Waals surface area contributed by atoms with Gasteiger partial charge in [-0.05, 0) is 23.6 Å². The van der Waals surface area contributed by atoms with Crippen molar-refractivity contribution in [3.05, 3.63) is 40.6 Å². The minimum absolute atomic E-state index is 0.0166. The van der Waals surface area contributed by atoms with E-state index in [0.717, 1.165) is 15.2 Å². The average Bonchev–Trinajstić information content (AvgIpc) is 2.26. The van der Waals surface area contributed by atoms with Gasteiger partial charge in [0.15, 0.2) is 5.84 Å². The van der Waals surface area contributed by atoms with Crippen LogP contribution in [0, 0.1) is 0 Å². The van der Waals surface area contributed by atoms with Crippen molar-refractivity contribution in [2.45, 2.75) is 0 Å². The molecule has 0 saturated carbocycles. The monoisotopic (exact) mass is 265 g/mol. The van der Waals surface area contributed by atoms with E-state index < -0.39 is 0 Å². The molecule has 2 aromatic rings. The number of nitrogens with two attached hydrogens (primary N) is 1. The molecule has 0 amide bonds. The topological polar surface area (TPSA) is 71.5 Å². The van der Waals surface area contributed by atoms with E-state index in [4.69, 9.17) is 10.9 Å². The Kier molecular flexibility index (Phi) is 2.55. The molecule has 0 unspecified atom stereocenters. The normalized spacial score (nSPS) is 11.9. The smallest absolute Gasteiger partial charge is 0.189 e. The van der Waals surface area contributed by atoms with Gasteiger partial charge in [0.25, 0.3) is 0 Å². The molecule has 0 aliphatic rings. The largest absolute Gasteiger partial charge is 0.409 e. The predicted molar refractivity (Wildman–Crippen MR) is 62.0 cm³/mol. The summed E-state index contributed by atoms with van der Waals surface area (Å²) >= 11 is 3.38. The molecule has 3 N–H and O–H groups in total. The molecule has 5 heteroatoms. The van der Waals surface area contributed by atoms with Gasteiger partial charge in [-0.3, -0.25) is 4.98 Å². The quantitative estimate of drug-likeness (QED) is 0.359. The first kappa shape index (κ1) is 9.92. The van der Waals surface area contributed by atoms with Crippen LogP contribution < -0.4 is 5.73 Å². The van der Waals surface area contributed by atoms with Gasteiger partial charge < -0.3 is 10.9 Å². The van der Waals surface area contributed by atoms with Gasteiger partial charge in [0, 0.05) is 16.1 Å². The number of aromatic nitrogens is 1. The Morgan fingerprint density at radius 2 is 2.20 bits per heavy atom. The minimum Gasteiger partial charge on any atom is -0.409 e. The number of pyridine rings is 1. The van der Waals surface area contributed by atoms with Gasteiger partial charge in [0.1, 0.15) is 5.69 Å². The highest BCUT2D eigenvalue weighted by Crippen LogP contribution is 2.21. The summed E-state index contributed by atoms with van der Waals surface area (Å²) in [5.74, 6) is 0.0166. The average molecular weight is 266 g/mol. The number of rotatable bonds is 1. The summed E-state index contributed by atoms with van der Waals surface area (Å²) in [6, 6.07) is 7.58. The Bertz CT molecular complexity index is 539. The van der Waals surface area contributed by atoms with Gasteiger partial charge in [-0.2, -0.15) is 0 Å². The standard InChI is InChI=1S/C10H8BrN3O/c11-7-1-2-8-6(5-7)3-4-13-9(8)10(12)14-15/h1-5,15H,(H2,12,14). The van der Waals surface area contributed by atoms with Crippen molar-refractivity contribution in [1.29, 1.82) is 0 Å². The molecular weight excluding hydrogens is 258 g/mol. The number of nitrogens with zero attached hydrogens (tertiary/aromatic N) is 2. The molecule has 0 spiro atoms. The number of fused-ring (bicyclic) bond motifs is 1. The third-order valence-electron chi connectivity index (χ3n) is 2.08. The Labute approximate surface area is 94.5 Å². The number of hydrogen-bond donors (Lipinski definition) is 2. The van der Waals surface area contributed by atoms with Gasteiger partial charge in [-0.15, -0.1) is 0 Å². The van der Waals surface area contributed by atoms with E-state index in [1.165, 1.54) is 0 Å². The Morgan fingerprint density at radius 1 is 1.40 bits per heavy atom. The van der Waals surface area contributed by atoms with Crippen molar-refractivity contribution in [1.82, 2.24) is 4.98 Å². The lowest BCUT2D eigenvalue weighted by Crippen LogP contribution is -2.15. The van der Waals surface area contributed by atoms with E-state index in [2.05, 4.69) is 26.1 Å². The number of amidine groups is 1. The molecule has 0 atom stereocenters. The molecule has 0 saturated heterocycles. The first-order chi connectivity index (χ1) is 7.22. The van der Waals surface area contributed by atoms with Gasteiger partial charge in [0.05, 0.1) is 0 Å². The lowest BCUT2D eigenvalue weighted by atomic mass is 10.1. The lowest BCUT2D eigenvalue weighted by Gasteiger charge is -2.03. The van der Waals surface area contributed by atoms with E-state index in [1.807, 2.05) is 24.3 Å². The summed E-state index contributed by atoms with van der Waals surface area (Å²) < 4.78 is 0.978. The molecule has 0 aliphatic carbocycles. The summed E-state index contributed by atoms with van der Waals surface area (Å²) in [5, 5.41) is 13.4. The van der Waals surface area contributed by atoms with Gasteiger partial charge >= 0.3 is 0 Å². The summed E-state index contributed by atoms with van der Waals surface area (Å²) in [6.07, 6.45) is 1.63. The van der Waals surface area contributed by atoms with Crippen LogP contribution in [0.2, 0.25) is 0 Å². The van der Waals surface area contributed by atoms with E-state index in [9.17, 15) is 0 Å². The van der Waals surface area contributed by atoms with Crippen LogP contribution in [0.3, 0.4) is 0 Å². The summed E-state index contributed by atoms with van der Waals surface area (Å²) in [7, 11) is 0. The SMILES string of the molecule is NC(=NO)c1nccc2cc(Br)ccc12. The van der Waals surface area contributed by atoms with Crippen molar-refractivity contribution in [3.63, 3.8) is 0 Å². The van der Waals surface area contributed by atoms with E-state index in [-0.39, 0.29) is 5.84 Å². The maximum absolute atomic E-state index is 8.62. The van der Waals surface area contributed by atoms with Gasteiger partial charge in [-0.1, -0.05) is 27.2 Å². The third-order valence-corrected chi connectivity index (χ3v) is 2.57. The van der Waals surface area contributed by atoms with E-state index in [0.29, 0.717) is 5.69 Å². The molecule has 0 bridgehead atoms. The zero-order valence-corrected chi connectivity index (χ0v) is 9.27. The highest BCUT2D eigenvalue weighted by Gasteiger charge is 2.06. The second-order valence-corrected chi connectivity index (χ2v) is 3.93. The second kappa shape index (κ2) is 3.86. The number of halogens is 1. The number of oxime groups is 1. The van der Waals surface area contributed by atoms with Crippen LogP contribution in [-0.2, 0) is 0 Å². The fourth-order valence-corrected chi connectivity index (χ4v) is 1.78. The fourth-order valence-electron chi connectivity index (χ4n) is 1.40. The molecule has 0 radical (unpaired) electrons. The van der Waals surface area contributed by atoms with Crippen LogP contribution in [-0.4, -0.2) is 16.0 Å².